The third-order valence-corrected chi connectivity index (χ3v) is 3.19. The lowest BCUT2D eigenvalue weighted by Gasteiger charge is -2.08. The molecule has 0 saturated heterocycles. The minimum absolute atomic E-state index is 0.250. The first kappa shape index (κ1) is 15.2. The zero-order valence-corrected chi connectivity index (χ0v) is 12.7. The van der Waals surface area contributed by atoms with Crippen LogP contribution in [0.1, 0.15) is 25.8 Å². The van der Waals surface area contributed by atoms with E-state index in [1.165, 1.54) is 0 Å². The lowest BCUT2D eigenvalue weighted by atomic mass is 10.1. The Balaban J connectivity index is 2.47. The fourth-order valence-corrected chi connectivity index (χ4v) is 2.22. The highest BCUT2D eigenvalue weighted by Crippen LogP contribution is 2.25. The standard InChI is InChI=1S/C14H20BrNO2/c1-10(2)16-7-6-12(17)8-11-4-5-14(18-3)13(15)9-11/h4-5,9-10,16H,6-8H2,1-3H3. The summed E-state index contributed by atoms with van der Waals surface area (Å²) in [6.07, 6.45) is 1.05. The summed E-state index contributed by atoms with van der Waals surface area (Å²) in [7, 11) is 1.63. The summed E-state index contributed by atoms with van der Waals surface area (Å²) in [6, 6.07) is 6.16. The normalized spacial score (nSPS) is 10.7. The van der Waals surface area contributed by atoms with Gasteiger partial charge in [0, 0.05) is 25.4 Å². The van der Waals surface area contributed by atoms with Crippen LogP contribution in [0.5, 0.6) is 5.75 Å². The van der Waals surface area contributed by atoms with Crippen molar-refractivity contribution in [3.8, 4) is 5.75 Å². The van der Waals surface area contributed by atoms with Gasteiger partial charge in [-0.05, 0) is 33.6 Å². The van der Waals surface area contributed by atoms with E-state index in [-0.39, 0.29) is 5.78 Å². The smallest absolute Gasteiger partial charge is 0.138 e. The van der Waals surface area contributed by atoms with E-state index in [4.69, 9.17) is 4.74 Å². The Bertz CT molecular complexity index is 405. The maximum atomic E-state index is 11.8. The van der Waals surface area contributed by atoms with Crippen molar-refractivity contribution in [1.82, 2.24) is 5.32 Å². The van der Waals surface area contributed by atoms with Gasteiger partial charge in [0.15, 0.2) is 0 Å². The van der Waals surface area contributed by atoms with Crippen LogP contribution in [0.15, 0.2) is 22.7 Å². The minimum atomic E-state index is 0.250. The Labute approximate surface area is 117 Å². The molecule has 18 heavy (non-hydrogen) atoms. The van der Waals surface area contributed by atoms with E-state index >= 15 is 0 Å². The number of ketones is 1. The molecule has 0 aliphatic heterocycles. The first-order valence-corrected chi connectivity index (χ1v) is 6.89. The summed E-state index contributed by atoms with van der Waals surface area (Å²) in [5.74, 6) is 1.04. The van der Waals surface area contributed by atoms with Crippen LogP contribution >= 0.6 is 15.9 Å². The van der Waals surface area contributed by atoms with Gasteiger partial charge < -0.3 is 10.1 Å². The topological polar surface area (TPSA) is 38.3 Å². The number of nitrogens with one attached hydrogen (secondary N) is 1. The summed E-state index contributed by atoms with van der Waals surface area (Å²) in [4.78, 5) is 11.8. The van der Waals surface area contributed by atoms with Gasteiger partial charge in [0.25, 0.3) is 0 Å². The van der Waals surface area contributed by atoms with Gasteiger partial charge in [0.2, 0.25) is 0 Å². The van der Waals surface area contributed by atoms with Crippen LogP contribution in [0.4, 0.5) is 0 Å². The minimum Gasteiger partial charge on any atom is -0.496 e. The number of rotatable bonds is 7. The quantitative estimate of drug-likeness (QED) is 0.841. The lowest BCUT2D eigenvalue weighted by molar-refractivity contribution is -0.118. The van der Waals surface area contributed by atoms with Crippen molar-refractivity contribution in [3.63, 3.8) is 0 Å². The molecule has 0 atom stereocenters. The lowest BCUT2D eigenvalue weighted by Crippen LogP contribution is -2.25. The summed E-state index contributed by atoms with van der Waals surface area (Å²) in [5, 5.41) is 3.24. The maximum absolute atomic E-state index is 11.8. The summed E-state index contributed by atoms with van der Waals surface area (Å²) in [6.45, 7) is 4.89. The SMILES string of the molecule is COc1ccc(CC(=O)CCNC(C)C)cc1Br. The number of benzene rings is 1. The van der Waals surface area contributed by atoms with Gasteiger partial charge in [-0.1, -0.05) is 19.9 Å². The molecule has 0 amide bonds. The van der Waals surface area contributed by atoms with Crippen LogP contribution in [-0.4, -0.2) is 25.5 Å². The largest absolute Gasteiger partial charge is 0.496 e. The van der Waals surface area contributed by atoms with Crippen molar-refractivity contribution in [2.24, 2.45) is 0 Å². The van der Waals surface area contributed by atoms with Gasteiger partial charge in [-0.3, -0.25) is 4.79 Å². The van der Waals surface area contributed by atoms with Crippen molar-refractivity contribution >= 4 is 21.7 Å². The van der Waals surface area contributed by atoms with E-state index < -0.39 is 0 Å². The number of ether oxygens (including phenoxy) is 1. The van der Waals surface area contributed by atoms with E-state index in [0.717, 1.165) is 22.3 Å². The van der Waals surface area contributed by atoms with Crippen LogP contribution in [-0.2, 0) is 11.2 Å². The van der Waals surface area contributed by atoms with E-state index in [0.29, 0.717) is 18.9 Å². The van der Waals surface area contributed by atoms with Gasteiger partial charge in [-0.2, -0.15) is 0 Å². The monoisotopic (exact) mass is 313 g/mol. The molecule has 0 aliphatic rings. The molecular weight excluding hydrogens is 294 g/mol. The van der Waals surface area contributed by atoms with Gasteiger partial charge >= 0.3 is 0 Å². The fraction of sp³-hybridized carbons (Fsp3) is 0.500. The highest BCUT2D eigenvalue weighted by molar-refractivity contribution is 9.10. The molecule has 1 rings (SSSR count). The molecule has 1 aromatic carbocycles. The van der Waals surface area contributed by atoms with E-state index in [1.807, 2.05) is 18.2 Å². The molecule has 0 spiro atoms. The molecule has 0 aliphatic carbocycles. The predicted octanol–water partition coefficient (Wildman–Crippen LogP) is 2.96. The van der Waals surface area contributed by atoms with Crippen molar-refractivity contribution in [1.29, 1.82) is 0 Å². The maximum Gasteiger partial charge on any atom is 0.138 e. The zero-order chi connectivity index (χ0) is 13.5. The number of halogens is 1. The summed E-state index contributed by atoms with van der Waals surface area (Å²) >= 11 is 3.42. The van der Waals surface area contributed by atoms with E-state index in [1.54, 1.807) is 7.11 Å². The highest BCUT2D eigenvalue weighted by Gasteiger charge is 2.06. The Morgan fingerprint density at radius 1 is 1.44 bits per heavy atom. The number of hydrogen-bond acceptors (Lipinski definition) is 3. The molecule has 1 aromatic rings. The third kappa shape index (κ3) is 5.19. The number of Topliss-reactive ketones (excluding diaryl/α,β-unsaturated/α-hetero) is 1. The first-order chi connectivity index (χ1) is 8.52. The molecule has 3 nitrogen and oxygen atoms in total. The predicted molar refractivity (Wildman–Crippen MR) is 77.2 cm³/mol. The molecule has 100 valence electrons. The van der Waals surface area contributed by atoms with Gasteiger partial charge in [-0.25, -0.2) is 0 Å². The van der Waals surface area contributed by atoms with Crippen LogP contribution < -0.4 is 10.1 Å². The van der Waals surface area contributed by atoms with Crippen molar-refractivity contribution < 1.29 is 9.53 Å². The molecule has 0 heterocycles. The summed E-state index contributed by atoms with van der Waals surface area (Å²) in [5.41, 5.74) is 1.01. The van der Waals surface area contributed by atoms with Gasteiger partial charge in [0.05, 0.1) is 11.6 Å². The Morgan fingerprint density at radius 2 is 2.17 bits per heavy atom. The third-order valence-electron chi connectivity index (χ3n) is 2.57. The van der Waals surface area contributed by atoms with Gasteiger partial charge in [-0.15, -0.1) is 0 Å². The van der Waals surface area contributed by atoms with Crippen LogP contribution in [0, 0.1) is 0 Å². The first-order valence-electron chi connectivity index (χ1n) is 6.10. The zero-order valence-electron chi connectivity index (χ0n) is 11.1. The molecule has 0 fully saturated rings. The summed E-state index contributed by atoms with van der Waals surface area (Å²) < 4.78 is 6.04. The fourth-order valence-electron chi connectivity index (χ4n) is 1.64. The van der Waals surface area contributed by atoms with Crippen LogP contribution in [0.3, 0.4) is 0 Å². The number of carbonyl (C=O) groups is 1. The second kappa shape index (κ2) is 7.54. The average Bonchev–Trinajstić information content (AvgIpc) is 2.28. The Hall–Kier alpha value is -0.870. The number of methoxy groups -OCH3 is 1. The molecule has 4 heteroatoms. The molecule has 0 saturated carbocycles. The Morgan fingerprint density at radius 3 is 2.72 bits per heavy atom. The van der Waals surface area contributed by atoms with Crippen molar-refractivity contribution in [2.45, 2.75) is 32.7 Å². The molecular formula is C14H20BrNO2. The second-order valence-electron chi connectivity index (χ2n) is 4.54. The molecule has 0 unspecified atom stereocenters. The second-order valence-corrected chi connectivity index (χ2v) is 5.40. The van der Waals surface area contributed by atoms with Crippen LogP contribution in [0.25, 0.3) is 0 Å². The average molecular weight is 314 g/mol. The Kier molecular flexibility index (Phi) is 6.36. The van der Waals surface area contributed by atoms with E-state index in [2.05, 4.69) is 35.1 Å². The van der Waals surface area contributed by atoms with Crippen molar-refractivity contribution in [2.75, 3.05) is 13.7 Å². The highest BCUT2D eigenvalue weighted by atomic mass is 79.9. The molecule has 0 aromatic heterocycles. The van der Waals surface area contributed by atoms with Crippen LogP contribution in [0.2, 0.25) is 0 Å². The molecule has 0 bridgehead atoms. The van der Waals surface area contributed by atoms with E-state index in [9.17, 15) is 4.79 Å². The number of carbonyl (C=O) groups excluding carboxylic acids is 1. The molecule has 0 radical (unpaired) electrons. The van der Waals surface area contributed by atoms with Gasteiger partial charge in [0.1, 0.15) is 11.5 Å². The molecule has 1 N–H and O–H groups in total. The number of hydrogen-bond donors (Lipinski definition) is 1. The van der Waals surface area contributed by atoms with Crippen molar-refractivity contribution in [3.05, 3.63) is 28.2 Å².